The molecule has 25 heavy (non-hydrogen) atoms. The van der Waals surface area contributed by atoms with Crippen LogP contribution in [0.3, 0.4) is 0 Å². The molecule has 1 amide bonds. The van der Waals surface area contributed by atoms with Crippen LogP contribution in [-0.4, -0.2) is 44.2 Å². The van der Waals surface area contributed by atoms with Crippen molar-refractivity contribution in [2.75, 3.05) is 27.3 Å². The Hall–Kier alpha value is -1.75. The van der Waals surface area contributed by atoms with Crippen molar-refractivity contribution in [3.8, 4) is 11.5 Å². The molecule has 1 heterocycles. The number of hydrogen-bond donors (Lipinski definition) is 1. The summed E-state index contributed by atoms with van der Waals surface area (Å²) in [4.78, 5) is 14.4. The summed E-state index contributed by atoms with van der Waals surface area (Å²) in [5.74, 6) is 2.85. The lowest BCUT2D eigenvalue weighted by Gasteiger charge is -2.39. The lowest BCUT2D eigenvalue weighted by molar-refractivity contribution is -0.134. The lowest BCUT2D eigenvalue weighted by atomic mass is 9.89. The van der Waals surface area contributed by atoms with Crippen LogP contribution in [0.2, 0.25) is 0 Å². The molecule has 2 atom stereocenters. The minimum Gasteiger partial charge on any atom is -0.497 e. The van der Waals surface area contributed by atoms with E-state index < -0.39 is 0 Å². The zero-order chi connectivity index (χ0) is 17.8. The van der Waals surface area contributed by atoms with E-state index in [1.807, 2.05) is 18.2 Å². The number of nitrogens with one attached hydrogen (secondary N) is 1. The molecule has 0 radical (unpaired) electrons. The van der Waals surface area contributed by atoms with Gasteiger partial charge in [0.15, 0.2) is 0 Å². The number of carbonyl (C=O) groups is 1. The van der Waals surface area contributed by atoms with Crippen molar-refractivity contribution in [3.63, 3.8) is 0 Å². The maximum absolute atomic E-state index is 12.3. The molecule has 2 fully saturated rings. The Labute approximate surface area is 150 Å². The molecule has 0 unspecified atom stereocenters. The summed E-state index contributed by atoms with van der Waals surface area (Å²) in [6, 6.07) is 6.43. The number of ether oxygens (including phenoxy) is 2. The average molecular weight is 346 g/mol. The SMILES string of the molecule is CC[C@H]1CN(C(=O)C2CC2)CC[C@@H]1NCc1cc(OC)cc(OC)c1. The van der Waals surface area contributed by atoms with Gasteiger partial charge >= 0.3 is 0 Å². The number of methoxy groups -OCH3 is 2. The number of piperidine rings is 1. The Bertz CT molecular complexity index is 578. The van der Waals surface area contributed by atoms with Gasteiger partial charge < -0.3 is 19.7 Å². The third kappa shape index (κ3) is 4.46. The van der Waals surface area contributed by atoms with Gasteiger partial charge in [0.2, 0.25) is 5.91 Å². The van der Waals surface area contributed by atoms with Crippen LogP contribution < -0.4 is 14.8 Å². The number of carbonyl (C=O) groups excluding carboxylic acids is 1. The third-order valence-corrected chi connectivity index (χ3v) is 5.48. The molecule has 1 aromatic carbocycles. The molecule has 138 valence electrons. The van der Waals surface area contributed by atoms with Crippen LogP contribution in [0.25, 0.3) is 0 Å². The fourth-order valence-electron chi connectivity index (χ4n) is 3.72. The van der Waals surface area contributed by atoms with E-state index in [0.717, 1.165) is 62.4 Å². The van der Waals surface area contributed by atoms with E-state index >= 15 is 0 Å². The fraction of sp³-hybridized carbons (Fsp3) is 0.650. The summed E-state index contributed by atoms with van der Waals surface area (Å²) in [5, 5.41) is 3.70. The van der Waals surface area contributed by atoms with Crippen molar-refractivity contribution in [2.45, 2.75) is 45.2 Å². The zero-order valence-corrected chi connectivity index (χ0v) is 15.6. The molecule has 5 nitrogen and oxygen atoms in total. The molecule has 1 saturated heterocycles. The molecule has 1 N–H and O–H groups in total. The molecular weight excluding hydrogens is 316 g/mol. The predicted octanol–water partition coefficient (Wildman–Crippen LogP) is 2.83. The van der Waals surface area contributed by atoms with Crippen LogP contribution in [-0.2, 0) is 11.3 Å². The monoisotopic (exact) mass is 346 g/mol. The van der Waals surface area contributed by atoms with Gasteiger partial charge in [-0.25, -0.2) is 0 Å². The van der Waals surface area contributed by atoms with E-state index in [-0.39, 0.29) is 0 Å². The summed E-state index contributed by atoms with van der Waals surface area (Å²) < 4.78 is 10.7. The Morgan fingerprint density at radius 2 is 1.84 bits per heavy atom. The normalized spacial score (nSPS) is 23.4. The van der Waals surface area contributed by atoms with Gasteiger partial charge in [0.1, 0.15) is 11.5 Å². The molecule has 1 saturated carbocycles. The second-order valence-electron chi connectivity index (χ2n) is 7.22. The van der Waals surface area contributed by atoms with Crippen molar-refractivity contribution in [3.05, 3.63) is 23.8 Å². The molecule has 1 aliphatic carbocycles. The first kappa shape index (κ1) is 18.1. The average Bonchev–Trinajstić information content (AvgIpc) is 3.50. The van der Waals surface area contributed by atoms with E-state index in [1.165, 1.54) is 0 Å². The lowest BCUT2D eigenvalue weighted by Crippen LogP contribution is -2.51. The van der Waals surface area contributed by atoms with E-state index in [0.29, 0.717) is 23.8 Å². The van der Waals surface area contributed by atoms with E-state index in [2.05, 4.69) is 17.1 Å². The maximum Gasteiger partial charge on any atom is 0.225 e. The molecule has 1 aromatic rings. The smallest absolute Gasteiger partial charge is 0.225 e. The second-order valence-corrected chi connectivity index (χ2v) is 7.22. The van der Waals surface area contributed by atoms with Gasteiger partial charge in [0.25, 0.3) is 0 Å². The van der Waals surface area contributed by atoms with Crippen LogP contribution in [0.15, 0.2) is 18.2 Å². The third-order valence-electron chi connectivity index (χ3n) is 5.48. The van der Waals surface area contributed by atoms with Gasteiger partial charge in [0, 0.05) is 37.7 Å². The highest BCUT2D eigenvalue weighted by atomic mass is 16.5. The van der Waals surface area contributed by atoms with Crippen molar-refractivity contribution in [2.24, 2.45) is 11.8 Å². The molecule has 0 spiro atoms. The van der Waals surface area contributed by atoms with E-state index in [9.17, 15) is 4.79 Å². The first-order chi connectivity index (χ1) is 12.1. The van der Waals surface area contributed by atoms with Crippen LogP contribution in [0.1, 0.15) is 38.2 Å². The van der Waals surface area contributed by atoms with Gasteiger partial charge in [-0.05, 0) is 42.9 Å². The Morgan fingerprint density at radius 1 is 1.16 bits per heavy atom. The molecule has 0 aromatic heterocycles. The van der Waals surface area contributed by atoms with Gasteiger partial charge in [-0.1, -0.05) is 13.3 Å². The highest BCUT2D eigenvalue weighted by Gasteiger charge is 2.37. The van der Waals surface area contributed by atoms with Crippen LogP contribution in [0.4, 0.5) is 0 Å². The van der Waals surface area contributed by atoms with Gasteiger partial charge in [-0.15, -0.1) is 0 Å². The van der Waals surface area contributed by atoms with Gasteiger partial charge in [-0.2, -0.15) is 0 Å². The summed E-state index contributed by atoms with van der Waals surface area (Å²) >= 11 is 0. The van der Waals surface area contributed by atoms with Crippen molar-refractivity contribution < 1.29 is 14.3 Å². The number of benzene rings is 1. The second kappa shape index (κ2) is 8.09. The van der Waals surface area contributed by atoms with Crippen LogP contribution in [0.5, 0.6) is 11.5 Å². The van der Waals surface area contributed by atoms with Gasteiger partial charge in [-0.3, -0.25) is 4.79 Å². The van der Waals surface area contributed by atoms with E-state index in [1.54, 1.807) is 14.2 Å². The number of amides is 1. The quantitative estimate of drug-likeness (QED) is 0.825. The van der Waals surface area contributed by atoms with Crippen molar-refractivity contribution in [1.29, 1.82) is 0 Å². The molecule has 2 aliphatic rings. The van der Waals surface area contributed by atoms with Crippen molar-refractivity contribution in [1.82, 2.24) is 10.2 Å². The Kier molecular flexibility index (Phi) is 5.84. The van der Waals surface area contributed by atoms with E-state index in [4.69, 9.17) is 9.47 Å². The first-order valence-electron chi connectivity index (χ1n) is 9.38. The predicted molar refractivity (Wildman–Crippen MR) is 97.9 cm³/mol. The molecular formula is C20H30N2O3. The van der Waals surface area contributed by atoms with Gasteiger partial charge in [0.05, 0.1) is 14.2 Å². The Morgan fingerprint density at radius 3 is 2.40 bits per heavy atom. The molecule has 0 bridgehead atoms. The maximum atomic E-state index is 12.3. The molecule has 3 rings (SSSR count). The highest BCUT2D eigenvalue weighted by molar-refractivity contribution is 5.81. The minimum atomic E-state index is 0.325. The molecule has 1 aliphatic heterocycles. The number of hydrogen-bond acceptors (Lipinski definition) is 4. The topological polar surface area (TPSA) is 50.8 Å². The fourth-order valence-corrected chi connectivity index (χ4v) is 3.72. The number of rotatable bonds is 7. The zero-order valence-electron chi connectivity index (χ0n) is 15.6. The largest absolute Gasteiger partial charge is 0.497 e. The summed E-state index contributed by atoms with van der Waals surface area (Å²) in [6.07, 6.45) is 4.29. The van der Waals surface area contributed by atoms with Crippen molar-refractivity contribution >= 4 is 5.91 Å². The van der Waals surface area contributed by atoms with Crippen LogP contribution in [0, 0.1) is 11.8 Å². The summed E-state index contributed by atoms with van der Waals surface area (Å²) in [5.41, 5.74) is 1.16. The molecule has 5 heteroatoms. The standard InChI is InChI=1S/C20H30N2O3/c1-4-15-13-22(20(23)16-5-6-16)8-7-19(15)21-12-14-9-17(24-2)11-18(10-14)25-3/h9-11,15-16,19,21H,4-8,12-13H2,1-3H3/t15-,19-/m0/s1. The first-order valence-corrected chi connectivity index (χ1v) is 9.38. The number of likely N-dealkylation sites (tertiary alicyclic amines) is 1. The van der Waals surface area contributed by atoms with Crippen LogP contribution >= 0.6 is 0 Å². The minimum absolute atomic E-state index is 0.325. The Balaban J connectivity index is 1.58. The number of nitrogens with zero attached hydrogens (tertiary/aromatic N) is 1. The highest BCUT2D eigenvalue weighted by Crippen LogP contribution is 2.33. The summed E-state index contributed by atoms with van der Waals surface area (Å²) in [6.45, 7) is 4.78. The summed E-state index contributed by atoms with van der Waals surface area (Å²) in [7, 11) is 3.34.